The number of carbonyl (C=O) groups is 1. The van der Waals surface area contributed by atoms with Crippen molar-refractivity contribution in [2.45, 2.75) is 30.6 Å². The Kier molecular flexibility index (Phi) is 3.81. The first-order chi connectivity index (χ1) is 10.1. The average molecular weight is 295 g/mol. The minimum Gasteiger partial charge on any atom is -0.438 e. The van der Waals surface area contributed by atoms with Crippen LogP contribution in [0.5, 0.6) is 0 Å². The predicted molar refractivity (Wildman–Crippen MR) is 70.2 cm³/mol. The molecule has 0 radical (unpaired) electrons. The number of alkyl carbamates (subject to hydrolysis) is 1. The number of fused-ring (bicyclic) bond motifs is 1. The topological polar surface area (TPSA) is 97.3 Å². The fraction of sp³-hybridized carbons (Fsp3) is 0.500. The zero-order valence-corrected chi connectivity index (χ0v) is 11.3. The summed E-state index contributed by atoms with van der Waals surface area (Å²) in [4.78, 5) is 11.4. The summed E-state index contributed by atoms with van der Waals surface area (Å²) >= 11 is 0. The summed E-state index contributed by atoms with van der Waals surface area (Å²) in [6.07, 6.45) is -3.46. The van der Waals surface area contributed by atoms with Crippen LogP contribution in [-0.4, -0.2) is 53.6 Å². The molecule has 0 saturated carbocycles. The van der Waals surface area contributed by atoms with E-state index in [-0.39, 0.29) is 13.2 Å². The Labute approximate surface area is 121 Å². The van der Waals surface area contributed by atoms with Crippen molar-refractivity contribution in [2.24, 2.45) is 0 Å². The molecule has 7 heteroatoms. The second-order valence-corrected chi connectivity index (χ2v) is 5.15. The summed E-state index contributed by atoms with van der Waals surface area (Å²) in [6.45, 7) is -0.00236. The minimum absolute atomic E-state index is 0.0197. The normalized spacial score (nSPS) is 34.4. The summed E-state index contributed by atoms with van der Waals surface area (Å²) in [5, 5.41) is 21.7. The van der Waals surface area contributed by atoms with Crippen molar-refractivity contribution in [3.63, 3.8) is 0 Å². The Balaban J connectivity index is 1.66. The highest BCUT2D eigenvalue weighted by Gasteiger charge is 2.62. The van der Waals surface area contributed by atoms with E-state index in [2.05, 4.69) is 5.32 Å². The fourth-order valence-corrected chi connectivity index (χ4v) is 2.65. The van der Waals surface area contributed by atoms with E-state index in [0.717, 1.165) is 5.56 Å². The van der Waals surface area contributed by atoms with Gasteiger partial charge in [-0.1, -0.05) is 30.3 Å². The standard InChI is InChI=1S/C14H17NO6/c16-6-10-11(17)12-14(21-10,15-13(18)20-12)8-19-7-9-4-2-1-3-5-9/h1-5,10-12,16-17H,6-8H2,(H,15,18). The zero-order valence-electron chi connectivity index (χ0n) is 11.3. The van der Waals surface area contributed by atoms with Gasteiger partial charge in [-0.3, -0.25) is 5.32 Å². The highest BCUT2D eigenvalue weighted by atomic mass is 16.7. The number of benzene rings is 1. The van der Waals surface area contributed by atoms with Gasteiger partial charge in [-0.15, -0.1) is 0 Å². The lowest BCUT2D eigenvalue weighted by atomic mass is 10.0. The maximum Gasteiger partial charge on any atom is 0.410 e. The number of aliphatic hydroxyl groups excluding tert-OH is 2. The summed E-state index contributed by atoms with van der Waals surface area (Å²) in [7, 11) is 0. The van der Waals surface area contributed by atoms with Gasteiger partial charge in [0.1, 0.15) is 12.2 Å². The number of nitrogens with one attached hydrogen (secondary N) is 1. The molecule has 2 aliphatic rings. The SMILES string of the molecule is O=C1NC2(COCc3ccccc3)OC(CO)C(O)C2O1. The van der Waals surface area contributed by atoms with E-state index in [1.165, 1.54) is 0 Å². The van der Waals surface area contributed by atoms with Gasteiger partial charge in [0.15, 0.2) is 6.10 Å². The van der Waals surface area contributed by atoms with Crippen LogP contribution in [-0.2, 0) is 20.8 Å². The van der Waals surface area contributed by atoms with Gasteiger partial charge >= 0.3 is 6.09 Å². The van der Waals surface area contributed by atoms with E-state index in [0.29, 0.717) is 6.61 Å². The van der Waals surface area contributed by atoms with E-state index in [9.17, 15) is 15.0 Å². The molecule has 0 aromatic heterocycles. The van der Waals surface area contributed by atoms with Crippen LogP contribution in [0.3, 0.4) is 0 Å². The zero-order chi connectivity index (χ0) is 14.9. The third-order valence-corrected chi connectivity index (χ3v) is 3.67. The molecule has 1 aromatic carbocycles. The molecule has 2 heterocycles. The Bertz CT molecular complexity index is 509. The van der Waals surface area contributed by atoms with Crippen molar-refractivity contribution in [2.75, 3.05) is 13.2 Å². The van der Waals surface area contributed by atoms with E-state index in [1.54, 1.807) is 0 Å². The van der Waals surface area contributed by atoms with Crippen LogP contribution >= 0.6 is 0 Å². The fourth-order valence-electron chi connectivity index (χ4n) is 2.65. The van der Waals surface area contributed by atoms with Crippen molar-refractivity contribution in [3.05, 3.63) is 35.9 Å². The van der Waals surface area contributed by atoms with Gasteiger partial charge in [0, 0.05) is 0 Å². The van der Waals surface area contributed by atoms with Crippen LogP contribution < -0.4 is 5.32 Å². The van der Waals surface area contributed by atoms with Gasteiger partial charge in [-0.2, -0.15) is 0 Å². The van der Waals surface area contributed by atoms with Crippen LogP contribution in [0, 0.1) is 0 Å². The number of rotatable bonds is 5. The predicted octanol–water partition coefficient (Wildman–Crippen LogP) is -0.240. The molecule has 0 spiro atoms. The van der Waals surface area contributed by atoms with Gasteiger partial charge < -0.3 is 24.4 Å². The summed E-state index contributed by atoms with van der Waals surface area (Å²) in [5.41, 5.74) is -0.272. The quantitative estimate of drug-likeness (QED) is 0.693. The first-order valence-corrected chi connectivity index (χ1v) is 6.72. The molecule has 2 saturated heterocycles. The highest BCUT2D eigenvalue weighted by Crippen LogP contribution is 2.36. The molecular weight excluding hydrogens is 278 g/mol. The van der Waals surface area contributed by atoms with Gasteiger partial charge in [0.05, 0.1) is 19.8 Å². The van der Waals surface area contributed by atoms with Gasteiger partial charge in [-0.05, 0) is 5.56 Å². The van der Waals surface area contributed by atoms with Crippen molar-refractivity contribution in [3.8, 4) is 0 Å². The van der Waals surface area contributed by atoms with Crippen LogP contribution in [0.4, 0.5) is 4.79 Å². The first-order valence-electron chi connectivity index (χ1n) is 6.72. The van der Waals surface area contributed by atoms with Crippen molar-refractivity contribution in [1.29, 1.82) is 0 Å². The van der Waals surface area contributed by atoms with Crippen LogP contribution in [0.25, 0.3) is 0 Å². The van der Waals surface area contributed by atoms with E-state index in [1.807, 2.05) is 30.3 Å². The van der Waals surface area contributed by atoms with Gasteiger partial charge in [0.2, 0.25) is 5.72 Å². The van der Waals surface area contributed by atoms with Crippen molar-refractivity contribution in [1.82, 2.24) is 5.32 Å². The Morgan fingerprint density at radius 3 is 2.81 bits per heavy atom. The number of hydrogen-bond acceptors (Lipinski definition) is 6. The molecule has 4 unspecified atom stereocenters. The van der Waals surface area contributed by atoms with E-state index >= 15 is 0 Å². The first kappa shape index (κ1) is 14.3. The average Bonchev–Trinajstić information content (AvgIpc) is 2.93. The largest absolute Gasteiger partial charge is 0.438 e. The maximum absolute atomic E-state index is 11.4. The van der Waals surface area contributed by atoms with Crippen molar-refractivity contribution >= 4 is 6.09 Å². The Morgan fingerprint density at radius 1 is 1.33 bits per heavy atom. The Hall–Kier alpha value is -1.67. The van der Waals surface area contributed by atoms with Gasteiger partial charge in [-0.25, -0.2) is 4.79 Å². The lowest BCUT2D eigenvalue weighted by molar-refractivity contribution is -0.124. The maximum atomic E-state index is 11.4. The molecule has 1 amide bonds. The number of carbonyl (C=O) groups excluding carboxylic acids is 1. The molecule has 114 valence electrons. The third kappa shape index (κ3) is 2.60. The molecular formula is C14H17NO6. The van der Waals surface area contributed by atoms with Crippen molar-refractivity contribution < 1.29 is 29.2 Å². The molecule has 21 heavy (non-hydrogen) atoms. The second-order valence-electron chi connectivity index (χ2n) is 5.15. The molecule has 2 aliphatic heterocycles. The molecule has 0 bridgehead atoms. The highest BCUT2D eigenvalue weighted by molar-refractivity contribution is 5.71. The number of amides is 1. The lowest BCUT2D eigenvalue weighted by Crippen LogP contribution is -2.52. The number of hydrogen-bond donors (Lipinski definition) is 3. The summed E-state index contributed by atoms with van der Waals surface area (Å²) in [6, 6.07) is 9.54. The van der Waals surface area contributed by atoms with E-state index in [4.69, 9.17) is 14.2 Å². The molecule has 2 fully saturated rings. The van der Waals surface area contributed by atoms with Crippen LogP contribution in [0.1, 0.15) is 5.56 Å². The lowest BCUT2D eigenvalue weighted by Gasteiger charge is -2.25. The molecule has 3 rings (SSSR count). The van der Waals surface area contributed by atoms with Crippen LogP contribution in [0.2, 0.25) is 0 Å². The number of aliphatic hydroxyl groups is 2. The summed E-state index contributed by atoms with van der Waals surface area (Å²) < 4.78 is 16.2. The third-order valence-electron chi connectivity index (χ3n) is 3.67. The molecule has 4 atom stereocenters. The number of ether oxygens (including phenoxy) is 3. The molecule has 7 nitrogen and oxygen atoms in total. The Morgan fingerprint density at radius 2 is 2.10 bits per heavy atom. The van der Waals surface area contributed by atoms with Crippen LogP contribution in [0.15, 0.2) is 30.3 Å². The smallest absolute Gasteiger partial charge is 0.410 e. The molecule has 3 N–H and O–H groups in total. The second kappa shape index (κ2) is 5.61. The summed E-state index contributed by atoms with van der Waals surface area (Å²) in [5.74, 6) is 0. The van der Waals surface area contributed by atoms with Gasteiger partial charge in [0.25, 0.3) is 0 Å². The molecule has 1 aromatic rings. The monoisotopic (exact) mass is 295 g/mol. The molecule has 0 aliphatic carbocycles. The van der Waals surface area contributed by atoms with E-state index < -0.39 is 30.1 Å². The minimum atomic E-state index is -1.25.